The monoisotopic (exact) mass is 707 g/mol. The minimum Gasteiger partial charge on any atom is -0.455 e. The van der Waals surface area contributed by atoms with E-state index in [9.17, 15) is 0 Å². The summed E-state index contributed by atoms with van der Waals surface area (Å²) in [5, 5.41) is 8.28. The van der Waals surface area contributed by atoms with Gasteiger partial charge in [-0.15, -0.1) is 0 Å². The number of pyridine rings is 1. The summed E-state index contributed by atoms with van der Waals surface area (Å²) in [6.45, 7) is 13.3. The number of benzene rings is 8. The second-order valence-electron chi connectivity index (χ2n) is 15.5. The Morgan fingerprint density at radius 3 is 1.62 bits per heavy atom. The maximum atomic E-state index is 6.43. The Bertz CT molecular complexity index is 3170. The minimum atomic E-state index is 0.906. The van der Waals surface area contributed by atoms with Crippen molar-refractivity contribution in [2.75, 3.05) is 0 Å². The Morgan fingerprint density at radius 2 is 0.927 bits per heavy atom. The highest BCUT2D eigenvalue weighted by Crippen LogP contribution is 2.42. The lowest BCUT2D eigenvalue weighted by molar-refractivity contribution is 0.670. The Morgan fingerprint density at radius 1 is 0.382 bits per heavy atom. The summed E-state index contributed by atoms with van der Waals surface area (Å²) >= 11 is 0. The van der Waals surface area contributed by atoms with Crippen LogP contribution in [0.25, 0.3) is 99.0 Å². The Kier molecular flexibility index (Phi) is 7.54. The molecule has 0 aliphatic carbocycles. The maximum Gasteiger partial charge on any atom is 0.143 e. The molecule has 0 spiro atoms. The molecule has 2 nitrogen and oxygen atoms in total. The van der Waals surface area contributed by atoms with E-state index in [1.54, 1.807) is 0 Å². The third-order valence-corrected chi connectivity index (χ3v) is 11.6. The standard InChI is InChI=1S/C53H41NO/c1-30-23-32(3)50(33(4)24-30)38-17-19-41-43-21-22-48(37-12-9-11-36(27-37)40-14-10-15-45-42-13-7-8-16-49(42)55-53(40)45)54-52(43)44-20-18-39(29-47(44)46(41)28-38)51-34(5)25-31(2)26-35(51)6/h7-29H,1-6H3. The van der Waals surface area contributed by atoms with Gasteiger partial charge in [0.1, 0.15) is 11.2 Å². The van der Waals surface area contributed by atoms with Crippen molar-refractivity contribution in [2.45, 2.75) is 41.5 Å². The zero-order valence-electron chi connectivity index (χ0n) is 32.1. The van der Waals surface area contributed by atoms with E-state index in [0.29, 0.717) is 0 Å². The van der Waals surface area contributed by atoms with Gasteiger partial charge in [0.15, 0.2) is 0 Å². The highest BCUT2D eigenvalue weighted by molar-refractivity contribution is 6.25. The summed E-state index contributed by atoms with van der Waals surface area (Å²) in [4.78, 5) is 5.50. The Balaban J connectivity index is 1.19. The smallest absolute Gasteiger partial charge is 0.143 e. The first kappa shape index (κ1) is 33.1. The lowest BCUT2D eigenvalue weighted by Gasteiger charge is -2.17. The average Bonchev–Trinajstić information content (AvgIpc) is 3.56. The second kappa shape index (κ2) is 12.5. The molecule has 0 N–H and O–H groups in total. The van der Waals surface area contributed by atoms with Crippen LogP contribution in [-0.2, 0) is 0 Å². The van der Waals surface area contributed by atoms with E-state index < -0.39 is 0 Å². The normalized spacial score (nSPS) is 11.8. The number of aryl methyl sites for hydroxylation is 6. The lowest BCUT2D eigenvalue weighted by atomic mass is 9.88. The van der Waals surface area contributed by atoms with Gasteiger partial charge < -0.3 is 4.42 Å². The molecule has 0 aliphatic rings. The summed E-state index contributed by atoms with van der Waals surface area (Å²) in [5.41, 5.74) is 19.9. The molecule has 8 aromatic carbocycles. The maximum absolute atomic E-state index is 6.43. The summed E-state index contributed by atoms with van der Waals surface area (Å²) in [5.74, 6) is 0. The number of fused-ring (bicyclic) bond motifs is 9. The van der Waals surface area contributed by atoms with E-state index in [0.717, 1.165) is 60.6 Å². The van der Waals surface area contributed by atoms with Crippen LogP contribution < -0.4 is 0 Å². The predicted molar refractivity (Wildman–Crippen MR) is 234 cm³/mol. The molecule has 0 saturated carbocycles. The SMILES string of the molecule is Cc1cc(C)c(-c2ccc3c(c2)c2cc(-c4c(C)cc(C)cc4C)ccc2c2nc(-c4cccc(-c5cccc6c5oc5ccccc56)c4)ccc32)c(C)c1. The van der Waals surface area contributed by atoms with E-state index >= 15 is 0 Å². The summed E-state index contributed by atoms with van der Waals surface area (Å²) in [7, 11) is 0. The largest absolute Gasteiger partial charge is 0.455 e. The molecule has 0 unspecified atom stereocenters. The van der Waals surface area contributed by atoms with Gasteiger partial charge in [-0.2, -0.15) is 0 Å². The quantitative estimate of drug-likeness (QED) is 0.170. The Hall–Kier alpha value is -6.51. The van der Waals surface area contributed by atoms with Crippen molar-refractivity contribution in [2.24, 2.45) is 0 Å². The highest BCUT2D eigenvalue weighted by atomic mass is 16.3. The van der Waals surface area contributed by atoms with Crippen LogP contribution in [-0.4, -0.2) is 4.98 Å². The summed E-state index contributed by atoms with van der Waals surface area (Å²) in [6.07, 6.45) is 0. The van der Waals surface area contributed by atoms with E-state index in [4.69, 9.17) is 9.40 Å². The molecule has 0 radical (unpaired) electrons. The third kappa shape index (κ3) is 5.35. The van der Waals surface area contributed by atoms with Crippen molar-refractivity contribution in [1.29, 1.82) is 0 Å². The number of nitrogens with zero attached hydrogens (tertiary/aromatic N) is 1. The third-order valence-electron chi connectivity index (χ3n) is 11.6. The van der Waals surface area contributed by atoms with Gasteiger partial charge >= 0.3 is 0 Å². The van der Waals surface area contributed by atoms with Crippen LogP contribution >= 0.6 is 0 Å². The molecular weight excluding hydrogens is 667 g/mol. The van der Waals surface area contributed by atoms with Gasteiger partial charge in [0.25, 0.3) is 0 Å². The van der Waals surface area contributed by atoms with Crippen molar-refractivity contribution in [3.63, 3.8) is 0 Å². The van der Waals surface area contributed by atoms with E-state index in [2.05, 4.69) is 169 Å². The average molecular weight is 708 g/mol. The van der Waals surface area contributed by atoms with Crippen molar-refractivity contribution in [3.05, 3.63) is 173 Å². The topological polar surface area (TPSA) is 26.0 Å². The number of hydrogen-bond donors (Lipinski definition) is 0. The number of aromatic nitrogens is 1. The molecule has 0 atom stereocenters. The van der Waals surface area contributed by atoms with E-state index in [1.165, 1.54) is 71.8 Å². The molecule has 0 aliphatic heterocycles. The van der Waals surface area contributed by atoms with E-state index in [-0.39, 0.29) is 0 Å². The van der Waals surface area contributed by atoms with Crippen LogP contribution in [0.2, 0.25) is 0 Å². The van der Waals surface area contributed by atoms with Gasteiger partial charge in [0.2, 0.25) is 0 Å². The van der Waals surface area contributed by atoms with Crippen LogP contribution in [0.5, 0.6) is 0 Å². The zero-order chi connectivity index (χ0) is 37.5. The lowest BCUT2D eigenvalue weighted by Crippen LogP contribution is -1.94. The fourth-order valence-electron chi connectivity index (χ4n) is 9.42. The van der Waals surface area contributed by atoms with Gasteiger partial charge in [0, 0.05) is 32.7 Å². The van der Waals surface area contributed by atoms with Gasteiger partial charge in [-0.05, 0) is 144 Å². The van der Waals surface area contributed by atoms with Gasteiger partial charge in [-0.1, -0.05) is 114 Å². The van der Waals surface area contributed by atoms with Crippen molar-refractivity contribution in [3.8, 4) is 44.6 Å². The molecule has 2 heterocycles. The van der Waals surface area contributed by atoms with Crippen molar-refractivity contribution >= 4 is 54.4 Å². The predicted octanol–water partition coefficient (Wildman–Crippen LogP) is 15.0. The first-order valence-electron chi connectivity index (χ1n) is 19.2. The molecule has 0 fully saturated rings. The molecule has 0 bridgehead atoms. The molecule has 10 rings (SSSR count). The first-order valence-corrected chi connectivity index (χ1v) is 19.2. The van der Waals surface area contributed by atoms with Gasteiger partial charge in [0.05, 0.1) is 11.2 Å². The van der Waals surface area contributed by atoms with Crippen molar-refractivity contribution < 1.29 is 4.42 Å². The van der Waals surface area contributed by atoms with Gasteiger partial charge in [-0.25, -0.2) is 4.98 Å². The molecule has 2 heteroatoms. The van der Waals surface area contributed by atoms with Crippen LogP contribution in [0.4, 0.5) is 0 Å². The number of para-hydroxylation sites is 2. The summed E-state index contributed by atoms with van der Waals surface area (Å²) < 4.78 is 6.43. The molecular formula is C53H41NO. The van der Waals surface area contributed by atoms with Crippen molar-refractivity contribution in [1.82, 2.24) is 4.98 Å². The number of furan rings is 1. The molecule has 0 amide bonds. The van der Waals surface area contributed by atoms with Crippen LogP contribution in [0.3, 0.4) is 0 Å². The van der Waals surface area contributed by atoms with Crippen LogP contribution in [0.15, 0.2) is 144 Å². The number of hydrogen-bond acceptors (Lipinski definition) is 2. The first-order chi connectivity index (χ1) is 26.7. The second-order valence-corrected chi connectivity index (χ2v) is 15.5. The fraction of sp³-hybridized carbons (Fsp3) is 0.113. The molecule has 0 saturated heterocycles. The molecule has 55 heavy (non-hydrogen) atoms. The molecule has 264 valence electrons. The minimum absolute atomic E-state index is 0.906. The fourth-order valence-corrected chi connectivity index (χ4v) is 9.42. The van der Waals surface area contributed by atoms with Crippen LogP contribution in [0.1, 0.15) is 33.4 Å². The Labute approximate surface area is 321 Å². The summed E-state index contributed by atoms with van der Waals surface area (Å²) in [6, 6.07) is 51.1. The molecule has 2 aromatic heterocycles. The zero-order valence-corrected chi connectivity index (χ0v) is 32.1. The van der Waals surface area contributed by atoms with Gasteiger partial charge in [-0.3, -0.25) is 0 Å². The van der Waals surface area contributed by atoms with E-state index in [1.807, 2.05) is 12.1 Å². The van der Waals surface area contributed by atoms with Crippen LogP contribution in [0, 0.1) is 41.5 Å². The highest BCUT2D eigenvalue weighted by Gasteiger charge is 2.17. The number of rotatable bonds is 4. The molecule has 10 aromatic rings.